The van der Waals surface area contributed by atoms with E-state index in [1.165, 1.54) is 19.2 Å². The van der Waals surface area contributed by atoms with Crippen LogP contribution in [-0.4, -0.2) is 24.2 Å². The van der Waals surface area contributed by atoms with Crippen molar-refractivity contribution in [1.82, 2.24) is 0 Å². The van der Waals surface area contributed by atoms with Gasteiger partial charge in [0.1, 0.15) is 11.8 Å². The number of nitrogens with zero attached hydrogens (tertiary/aromatic N) is 3. The number of hydrogen-bond donors (Lipinski definition) is 1. The number of hydrogen-bond acceptors (Lipinski definition) is 4. The lowest BCUT2D eigenvalue weighted by Crippen LogP contribution is -2.22. The van der Waals surface area contributed by atoms with Crippen LogP contribution < -0.4 is 0 Å². The van der Waals surface area contributed by atoms with Gasteiger partial charge in [-0.2, -0.15) is 0 Å². The summed E-state index contributed by atoms with van der Waals surface area (Å²) in [6.07, 6.45) is 0.247. The third kappa shape index (κ3) is 3.18. The summed E-state index contributed by atoms with van der Waals surface area (Å²) in [6, 6.07) is 5.43. The van der Waals surface area contributed by atoms with E-state index < -0.39 is 12.0 Å². The second-order valence-electron chi connectivity index (χ2n) is 3.11. The van der Waals surface area contributed by atoms with E-state index in [9.17, 15) is 4.79 Å². The molecule has 84 valence electrons. The Labute approximate surface area is 92.1 Å². The molecule has 0 radical (unpaired) electrons. The first-order valence-electron chi connectivity index (χ1n) is 4.57. The SMILES string of the molecule is COC(=O)[C@H](Cc1ccc(O)cc1)N=[N+]=[N-]. The number of aromatic hydroxyl groups is 1. The number of azide groups is 1. The van der Waals surface area contributed by atoms with Gasteiger partial charge < -0.3 is 9.84 Å². The highest BCUT2D eigenvalue weighted by atomic mass is 16.5. The summed E-state index contributed by atoms with van der Waals surface area (Å²) in [7, 11) is 1.24. The number of carbonyl (C=O) groups is 1. The first-order valence-corrected chi connectivity index (χ1v) is 4.57. The highest BCUT2D eigenvalue weighted by Crippen LogP contribution is 2.13. The van der Waals surface area contributed by atoms with E-state index in [0.29, 0.717) is 0 Å². The fraction of sp³-hybridized carbons (Fsp3) is 0.300. The second kappa shape index (κ2) is 5.63. The lowest BCUT2D eigenvalue weighted by molar-refractivity contribution is -0.142. The van der Waals surface area contributed by atoms with Crippen molar-refractivity contribution in [3.8, 4) is 5.75 Å². The second-order valence-corrected chi connectivity index (χ2v) is 3.11. The van der Waals surface area contributed by atoms with E-state index in [2.05, 4.69) is 14.8 Å². The summed E-state index contributed by atoms with van der Waals surface area (Å²) in [4.78, 5) is 13.8. The number of ether oxygens (including phenoxy) is 1. The quantitative estimate of drug-likeness (QED) is 0.363. The van der Waals surface area contributed by atoms with Crippen molar-refractivity contribution in [1.29, 1.82) is 0 Å². The predicted octanol–water partition coefficient (Wildman–Crippen LogP) is 1.79. The van der Waals surface area contributed by atoms with Crippen LogP contribution in [0.2, 0.25) is 0 Å². The molecule has 6 nitrogen and oxygen atoms in total. The summed E-state index contributed by atoms with van der Waals surface area (Å²) < 4.78 is 4.51. The topological polar surface area (TPSA) is 95.3 Å². The summed E-state index contributed by atoms with van der Waals surface area (Å²) in [5.74, 6) is -0.437. The van der Waals surface area contributed by atoms with Crippen molar-refractivity contribution in [2.75, 3.05) is 7.11 Å². The zero-order valence-electron chi connectivity index (χ0n) is 8.70. The molecule has 1 aromatic rings. The van der Waals surface area contributed by atoms with Crippen LogP contribution in [0.25, 0.3) is 10.4 Å². The predicted molar refractivity (Wildman–Crippen MR) is 56.8 cm³/mol. The minimum absolute atomic E-state index is 0.141. The van der Waals surface area contributed by atoms with Gasteiger partial charge in [0.15, 0.2) is 0 Å². The number of benzene rings is 1. The molecule has 0 aliphatic carbocycles. The first kappa shape index (κ1) is 11.9. The molecule has 0 aliphatic rings. The molecule has 0 unspecified atom stereocenters. The molecular weight excluding hydrogens is 210 g/mol. The molecule has 0 bridgehead atoms. The van der Waals surface area contributed by atoms with Gasteiger partial charge in [-0.1, -0.05) is 17.2 Å². The van der Waals surface area contributed by atoms with E-state index in [0.717, 1.165) is 5.56 Å². The number of methoxy groups -OCH3 is 1. The Bertz CT molecular complexity index is 410. The molecule has 0 aromatic heterocycles. The van der Waals surface area contributed by atoms with Crippen LogP contribution in [0.5, 0.6) is 5.75 Å². The average Bonchev–Trinajstić information content (AvgIpc) is 2.30. The average molecular weight is 221 g/mol. The minimum Gasteiger partial charge on any atom is -0.508 e. The van der Waals surface area contributed by atoms with Crippen LogP contribution >= 0.6 is 0 Å². The fourth-order valence-electron chi connectivity index (χ4n) is 1.22. The Kier molecular flexibility index (Phi) is 4.17. The molecular formula is C10H11N3O3. The number of phenols is 1. The van der Waals surface area contributed by atoms with Crippen LogP contribution in [0, 0.1) is 0 Å². The minimum atomic E-state index is -0.875. The lowest BCUT2D eigenvalue weighted by Gasteiger charge is -2.08. The molecule has 0 fully saturated rings. The van der Waals surface area contributed by atoms with E-state index >= 15 is 0 Å². The molecule has 1 aromatic carbocycles. The van der Waals surface area contributed by atoms with Crippen molar-refractivity contribution in [3.63, 3.8) is 0 Å². The van der Waals surface area contributed by atoms with Gasteiger partial charge in [-0.3, -0.25) is 4.79 Å². The van der Waals surface area contributed by atoms with Crippen LogP contribution in [0.15, 0.2) is 29.4 Å². The van der Waals surface area contributed by atoms with E-state index in [4.69, 9.17) is 10.6 Å². The molecule has 0 amide bonds. The van der Waals surface area contributed by atoms with Crippen LogP contribution in [-0.2, 0) is 16.0 Å². The van der Waals surface area contributed by atoms with E-state index in [-0.39, 0.29) is 12.2 Å². The van der Waals surface area contributed by atoms with Crippen molar-refractivity contribution in [2.24, 2.45) is 5.11 Å². The van der Waals surface area contributed by atoms with Crippen molar-refractivity contribution >= 4 is 5.97 Å². The Balaban J connectivity index is 2.79. The van der Waals surface area contributed by atoms with Gasteiger partial charge in [-0.05, 0) is 29.6 Å². The molecule has 0 spiro atoms. The largest absolute Gasteiger partial charge is 0.508 e. The van der Waals surface area contributed by atoms with Crippen molar-refractivity contribution < 1.29 is 14.6 Å². The number of rotatable bonds is 4. The third-order valence-electron chi connectivity index (χ3n) is 2.03. The van der Waals surface area contributed by atoms with E-state index in [1.807, 2.05) is 0 Å². The molecule has 6 heteroatoms. The Morgan fingerprint density at radius 1 is 1.56 bits per heavy atom. The number of phenolic OH excluding ortho intramolecular Hbond substituents is 1. The molecule has 1 rings (SSSR count). The summed E-state index contributed by atoms with van der Waals surface area (Å²) in [6.45, 7) is 0. The Hall–Kier alpha value is -2.20. The third-order valence-corrected chi connectivity index (χ3v) is 2.03. The normalized spacial score (nSPS) is 11.3. The van der Waals surface area contributed by atoms with Gasteiger partial charge >= 0.3 is 5.97 Å². The van der Waals surface area contributed by atoms with Crippen LogP contribution in [0.3, 0.4) is 0 Å². The maximum atomic E-state index is 11.2. The zero-order chi connectivity index (χ0) is 12.0. The highest BCUT2D eigenvalue weighted by Gasteiger charge is 2.17. The monoisotopic (exact) mass is 221 g/mol. The van der Waals surface area contributed by atoms with Gasteiger partial charge in [0.25, 0.3) is 0 Å². The Morgan fingerprint density at radius 3 is 2.69 bits per heavy atom. The lowest BCUT2D eigenvalue weighted by atomic mass is 10.1. The van der Waals surface area contributed by atoms with Crippen molar-refractivity contribution in [2.45, 2.75) is 12.5 Å². The molecule has 1 N–H and O–H groups in total. The van der Waals surface area contributed by atoms with Crippen LogP contribution in [0.4, 0.5) is 0 Å². The summed E-state index contributed by atoms with van der Waals surface area (Å²) >= 11 is 0. The molecule has 1 atom stereocenters. The first-order chi connectivity index (χ1) is 7.67. The molecule has 16 heavy (non-hydrogen) atoms. The fourth-order valence-corrected chi connectivity index (χ4v) is 1.22. The summed E-state index contributed by atoms with van der Waals surface area (Å²) in [5, 5.41) is 12.4. The number of carbonyl (C=O) groups excluding carboxylic acids is 1. The van der Waals surface area contributed by atoms with Gasteiger partial charge in [0.2, 0.25) is 0 Å². The van der Waals surface area contributed by atoms with E-state index in [1.54, 1.807) is 12.1 Å². The van der Waals surface area contributed by atoms with Crippen LogP contribution in [0.1, 0.15) is 5.56 Å². The molecule has 0 aliphatic heterocycles. The smallest absolute Gasteiger partial charge is 0.314 e. The standard InChI is InChI=1S/C10H11N3O3/c1-16-10(15)9(12-13-11)6-7-2-4-8(14)5-3-7/h2-5,9,14H,6H2,1H3/t9-/m0/s1. The van der Waals surface area contributed by atoms with Gasteiger partial charge in [0.05, 0.1) is 7.11 Å². The van der Waals surface area contributed by atoms with Gasteiger partial charge in [-0.25, -0.2) is 0 Å². The molecule has 0 saturated heterocycles. The van der Waals surface area contributed by atoms with Crippen molar-refractivity contribution in [3.05, 3.63) is 40.3 Å². The molecule has 0 heterocycles. The maximum Gasteiger partial charge on any atom is 0.314 e. The highest BCUT2D eigenvalue weighted by molar-refractivity contribution is 5.76. The van der Waals surface area contributed by atoms with Gasteiger partial charge in [0, 0.05) is 4.91 Å². The maximum absolute atomic E-state index is 11.2. The summed E-state index contributed by atoms with van der Waals surface area (Å²) in [5.41, 5.74) is 9.09. The Morgan fingerprint density at radius 2 is 2.19 bits per heavy atom. The molecule has 0 saturated carbocycles. The number of esters is 1. The van der Waals surface area contributed by atoms with Gasteiger partial charge in [-0.15, -0.1) is 0 Å². The zero-order valence-corrected chi connectivity index (χ0v) is 8.70.